The van der Waals surface area contributed by atoms with Gasteiger partial charge in [0.25, 0.3) is 0 Å². The molecule has 0 saturated heterocycles. The normalized spacial score (nSPS) is 19.4. The first kappa shape index (κ1) is 28.2. The van der Waals surface area contributed by atoms with Gasteiger partial charge in [-0.1, -0.05) is 60.1 Å². The molecule has 0 aromatic heterocycles. The summed E-state index contributed by atoms with van der Waals surface area (Å²) in [6.45, 7) is 16.3. The molecular weight excluding hydrogens is 516 g/mol. The van der Waals surface area contributed by atoms with Gasteiger partial charge in [-0.2, -0.15) is 10.1 Å². The van der Waals surface area contributed by atoms with Gasteiger partial charge in [-0.3, -0.25) is 0 Å². The van der Waals surface area contributed by atoms with Gasteiger partial charge < -0.3 is 10.4 Å². The number of fused-ring (bicyclic) bond motifs is 3. The van der Waals surface area contributed by atoms with E-state index in [0.717, 1.165) is 55.3 Å². The number of benzene rings is 4. The van der Waals surface area contributed by atoms with Crippen molar-refractivity contribution in [3.63, 3.8) is 0 Å². The van der Waals surface area contributed by atoms with Crippen LogP contribution in [0.4, 0.5) is 0 Å². The summed E-state index contributed by atoms with van der Waals surface area (Å²) in [5, 5.41) is 26.7. The number of rotatable bonds is 0. The summed E-state index contributed by atoms with van der Waals surface area (Å²) < 4.78 is 0. The second-order valence-electron chi connectivity index (χ2n) is 13.6. The highest BCUT2D eigenvalue weighted by Crippen LogP contribution is 2.49. The van der Waals surface area contributed by atoms with E-state index < -0.39 is 22.2 Å². The van der Waals surface area contributed by atoms with Crippen LogP contribution in [0, 0.1) is 23.7 Å². The predicted octanol–water partition coefficient (Wildman–Crippen LogP) is 7.99. The minimum absolute atomic E-state index is 0.455. The molecule has 2 N–H and O–H groups in total. The van der Waals surface area contributed by atoms with E-state index in [9.17, 15) is 10.4 Å². The zero-order chi connectivity index (χ0) is 30.2. The van der Waals surface area contributed by atoms with Crippen molar-refractivity contribution in [2.75, 3.05) is 0 Å². The molecule has 4 heteroatoms. The van der Waals surface area contributed by atoms with E-state index in [2.05, 4.69) is 60.1 Å². The lowest BCUT2D eigenvalue weighted by Crippen LogP contribution is -2.42. The molecule has 4 aromatic carbocycles. The van der Waals surface area contributed by atoms with Crippen LogP contribution in [-0.2, 0) is 22.2 Å². The Bertz CT molecular complexity index is 1750. The van der Waals surface area contributed by atoms with Crippen LogP contribution >= 0.6 is 0 Å². The van der Waals surface area contributed by atoms with Crippen molar-refractivity contribution < 1.29 is 10.4 Å². The van der Waals surface area contributed by atoms with Crippen LogP contribution < -0.4 is 0 Å². The van der Waals surface area contributed by atoms with Crippen LogP contribution in [0.1, 0.15) is 99.9 Å². The highest BCUT2D eigenvalue weighted by molar-refractivity contribution is 5.93. The third kappa shape index (κ3) is 4.10. The molecule has 4 nitrogen and oxygen atoms in total. The van der Waals surface area contributed by atoms with Crippen LogP contribution in [0.2, 0.25) is 0 Å². The van der Waals surface area contributed by atoms with Crippen molar-refractivity contribution in [1.82, 2.24) is 10.1 Å². The highest BCUT2D eigenvalue weighted by atomic mass is 16.5. The Balaban J connectivity index is 1.35. The van der Waals surface area contributed by atoms with Gasteiger partial charge >= 0.3 is 0 Å². The van der Waals surface area contributed by atoms with Crippen molar-refractivity contribution in [2.45, 2.75) is 77.5 Å². The molecule has 42 heavy (non-hydrogen) atoms. The monoisotopic (exact) mass is 554 g/mol. The molecule has 212 valence electrons. The molecule has 6 rings (SSSR count). The van der Waals surface area contributed by atoms with E-state index in [1.807, 2.05) is 91.8 Å². The zero-order valence-electron chi connectivity index (χ0n) is 25.7. The van der Waals surface area contributed by atoms with Crippen molar-refractivity contribution in [3.8, 4) is 23.7 Å². The standard InChI is InChI=1S/C38H38N2O2/c1-35(2)31-21-15-25(23-33(31)37(5,6)39(35)41)13-17-27-19-20-28(30-12-10-9-11-29(27)30)18-14-26-16-22-32-34(24-26)38(7,8)40(42)36(32,3)4/h9-12,15-16,19-24,41-42H,1-8H3. The molecule has 0 unspecified atom stereocenters. The minimum atomic E-state index is -0.494. The summed E-state index contributed by atoms with van der Waals surface area (Å²) in [4.78, 5) is 0. The lowest BCUT2D eigenvalue weighted by atomic mass is 9.89. The maximum Gasteiger partial charge on any atom is 0.0666 e. The van der Waals surface area contributed by atoms with Crippen LogP contribution in [-0.4, -0.2) is 20.5 Å². The maximum absolute atomic E-state index is 10.8. The third-order valence-electron chi connectivity index (χ3n) is 9.40. The molecule has 0 fully saturated rings. The van der Waals surface area contributed by atoms with E-state index in [0.29, 0.717) is 0 Å². The van der Waals surface area contributed by atoms with Crippen LogP contribution in [0.5, 0.6) is 0 Å². The largest absolute Gasteiger partial charge is 0.312 e. The molecular formula is C38H38N2O2. The maximum atomic E-state index is 10.8. The molecule has 4 aromatic rings. The average Bonchev–Trinajstić information content (AvgIpc) is 3.19. The number of hydrogen-bond acceptors (Lipinski definition) is 4. The fourth-order valence-corrected chi connectivity index (χ4v) is 6.97. The quantitative estimate of drug-likeness (QED) is 0.216. The molecule has 2 aliphatic heterocycles. The first-order valence-electron chi connectivity index (χ1n) is 14.5. The van der Waals surface area contributed by atoms with Gasteiger partial charge in [0.2, 0.25) is 0 Å². The minimum Gasteiger partial charge on any atom is -0.312 e. The Kier molecular flexibility index (Phi) is 6.25. The van der Waals surface area contributed by atoms with Gasteiger partial charge in [0.15, 0.2) is 0 Å². The van der Waals surface area contributed by atoms with Crippen molar-refractivity contribution >= 4 is 10.8 Å². The van der Waals surface area contributed by atoms with Gasteiger partial charge in [0.1, 0.15) is 0 Å². The second kappa shape index (κ2) is 9.30. The van der Waals surface area contributed by atoms with Crippen molar-refractivity contribution in [3.05, 3.63) is 117 Å². The van der Waals surface area contributed by atoms with Gasteiger partial charge in [0, 0.05) is 22.3 Å². The summed E-state index contributed by atoms with van der Waals surface area (Å²) in [7, 11) is 0. The highest BCUT2D eigenvalue weighted by Gasteiger charge is 2.49. The molecule has 2 heterocycles. The fraction of sp³-hybridized carbons (Fsp3) is 0.316. The SMILES string of the molecule is CC1(C)c2ccc(C#Cc3ccc(C#Cc4ccc5c(c4)C(C)(C)N(O)C5(C)C)c4ccccc34)cc2C(C)(C)N1O. The van der Waals surface area contributed by atoms with Gasteiger partial charge in [-0.05, 0) is 125 Å². The fourth-order valence-electron chi connectivity index (χ4n) is 6.97. The second-order valence-corrected chi connectivity index (χ2v) is 13.6. The zero-order valence-corrected chi connectivity index (χ0v) is 25.7. The van der Waals surface area contributed by atoms with E-state index in [1.54, 1.807) is 0 Å². The summed E-state index contributed by atoms with van der Waals surface area (Å²) in [6, 6.07) is 24.8. The third-order valence-corrected chi connectivity index (χ3v) is 9.40. The number of nitrogens with zero attached hydrogens (tertiary/aromatic N) is 2. The lowest BCUT2D eigenvalue weighted by Gasteiger charge is -2.34. The first-order chi connectivity index (χ1) is 19.7. The Labute approximate surface area is 249 Å². The Hall–Kier alpha value is -3.90. The molecule has 0 amide bonds. The molecule has 0 spiro atoms. The van der Waals surface area contributed by atoms with E-state index in [4.69, 9.17) is 0 Å². The van der Waals surface area contributed by atoms with Crippen LogP contribution in [0.25, 0.3) is 10.8 Å². The van der Waals surface area contributed by atoms with Crippen LogP contribution in [0.15, 0.2) is 72.8 Å². The summed E-state index contributed by atoms with van der Waals surface area (Å²) in [5.41, 5.74) is 6.29. The molecule has 0 saturated carbocycles. The molecule has 0 radical (unpaired) electrons. The molecule has 2 aliphatic rings. The van der Waals surface area contributed by atoms with E-state index in [1.165, 1.54) is 10.1 Å². The van der Waals surface area contributed by atoms with E-state index >= 15 is 0 Å². The van der Waals surface area contributed by atoms with Gasteiger partial charge in [-0.15, -0.1) is 0 Å². The Morgan fingerprint density at radius 2 is 0.810 bits per heavy atom. The van der Waals surface area contributed by atoms with Gasteiger partial charge in [-0.25, -0.2) is 0 Å². The van der Waals surface area contributed by atoms with Crippen molar-refractivity contribution in [2.24, 2.45) is 0 Å². The molecule has 0 bridgehead atoms. The molecule has 0 aliphatic carbocycles. The Morgan fingerprint density at radius 3 is 1.19 bits per heavy atom. The van der Waals surface area contributed by atoms with E-state index in [-0.39, 0.29) is 0 Å². The molecule has 0 atom stereocenters. The summed E-state index contributed by atoms with van der Waals surface area (Å²) in [6.07, 6.45) is 0. The smallest absolute Gasteiger partial charge is 0.0666 e. The first-order valence-corrected chi connectivity index (χ1v) is 14.5. The summed E-state index contributed by atoms with van der Waals surface area (Å²) in [5.74, 6) is 13.5. The van der Waals surface area contributed by atoms with Gasteiger partial charge in [0.05, 0.1) is 22.2 Å². The lowest BCUT2D eigenvalue weighted by molar-refractivity contribution is -0.216. The average molecular weight is 555 g/mol. The number of hydroxylamine groups is 4. The van der Waals surface area contributed by atoms with Crippen LogP contribution in [0.3, 0.4) is 0 Å². The predicted molar refractivity (Wildman–Crippen MR) is 168 cm³/mol. The Morgan fingerprint density at radius 1 is 0.452 bits per heavy atom. The van der Waals surface area contributed by atoms with Crippen molar-refractivity contribution in [1.29, 1.82) is 0 Å². The topological polar surface area (TPSA) is 46.9 Å². The number of hydrogen-bond donors (Lipinski definition) is 2. The summed E-state index contributed by atoms with van der Waals surface area (Å²) >= 11 is 0.